The molecule has 1 saturated heterocycles. The number of hydrogen-bond acceptors (Lipinski definition) is 12. The van der Waals surface area contributed by atoms with Crippen molar-refractivity contribution in [1.82, 2.24) is 10.3 Å². The van der Waals surface area contributed by atoms with Crippen LogP contribution in [0.2, 0.25) is 5.02 Å². The fraction of sp³-hybridized carbons (Fsp3) is 0.310. The lowest BCUT2D eigenvalue weighted by molar-refractivity contribution is 0.0520. The second kappa shape index (κ2) is 21.2. The zero-order chi connectivity index (χ0) is 48.1. The topological polar surface area (TPSA) is 130 Å². The van der Waals surface area contributed by atoms with Gasteiger partial charge >= 0.3 is 5.97 Å². The molecule has 1 fully saturated rings. The molecule has 5 N–H and O–H groups in total. The quantitative estimate of drug-likeness (QED) is 0.104. The molecule has 4 atom stereocenters. The number of guanidine groups is 2. The predicted octanol–water partition coefficient (Wildman–Crippen LogP) is 12.2. The van der Waals surface area contributed by atoms with Gasteiger partial charge in [0.25, 0.3) is 0 Å². The maximum absolute atomic E-state index is 12.6. The predicted molar refractivity (Wildman–Crippen MR) is 289 cm³/mol. The van der Waals surface area contributed by atoms with Crippen molar-refractivity contribution in [1.29, 1.82) is 0 Å². The number of hydrogen-bond donors (Lipinski definition) is 5. The molecule has 12 nitrogen and oxygen atoms in total. The minimum Gasteiger partial charge on any atom is -0.462 e. The third kappa shape index (κ3) is 10.0. The van der Waals surface area contributed by atoms with Gasteiger partial charge in [-0.3, -0.25) is 10.0 Å². The molecule has 7 aliphatic rings. The molecule has 4 aliphatic heterocycles. The highest BCUT2D eigenvalue weighted by atomic mass is 35.5. The van der Waals surface area contributed by atoms with Gasteiger partial charge in [-0.2, -0.15) is 0 Å². The highest BCUT2D eigenvalue weighted by molar-refractivity contribution is 6.30. The first-order valence-electron chi connectivity index (χ1n) is 25.4. The Bertz CT molecular complexity index is 2980. The van der Waals surface area contributed by atoms with Gasteiger partial charge in [-0.15, -0.1) is 0 Å². The van der Waals surface area contributed by atoms with E-state index in [4.69, 9.17) is 31.3 Å². The fourth-order valence-corrected chi connectivity index (χ4v) is 11.4. The van der Waals surface area contributed by atoms with Crippen molar-refractivity contribution in [2.24, 2.45) is 15.0 Å². The first-order valence-corrected chi connectivity index (χ1v) is 25.8. The van der Waals surface area contributed by atoms with E-state index < -0.39 is 0 Å². The number of aliphatic imine (C=N–C) groups is 3. The minimum atomic E-state index is -0.261. The third-order valence-corrected chi connectivity index (χ3v) is 14.7. The number of para-hydroxylation sites is 1. The van der Waals surface area contributed by atoms with E-state index in [0.717, 1.165) is 85.6 Å². The highest BCUT2D eigenvalue weighted by Gasteiger charge is 2.36. The van der Waals surface area contributed by atoms with Crippen LogP contribution in [0, 0.1) is 0 Å². The molecule has 13 rings (SSSR count). The van der Waals surface area contributed by atoms with Gasteiger partial charge in [0.2, 0.25) is 11.9 Å². The lowest BCUT2D eigenvalue weighted by Gasteiger charge is -2.46. The Hall–Kier alpha value is -6.99. The van der Waals surface area contributed by atoms with Crippen molar-refractivity contribution < 1.29 is 9.53 Å². The minimum absolute atomic E-state index is 0.0156. The maximum atomic E-state index is 12.6. The molecule has 0 spiro atoms. The summed E-state index contributed by atoms with van der Waals surface area (Å²) in [6.45, 7) is 4.70. The Morgan fingerprint density at radius 1 is 0.662 bits per heavy atom. The number of esters is 1. The standard InChI is InChI=1S/C24H28N4O2.C17H16ClN3.C17H17N3/c1-2-30-24(29)19-10-4-3-9-18(19)22-15-25-13-14-27(22)28-16-26-20-11-5-7-17-8-6-12-21(28)23(17)20;18-12-7-9-13(10-8-12)19-17-20-14-5-1-3-11-4-2-6-15(21-17)16(11)14;1-2-8-13(9-3-1)18-17-19-14-10-4-6-12-7-5-11-15(20-17)16(12)14/h3-4,6,8-10,12,16,20,22,25H,2,5,7,11,13-15H2,1H3;1,3,5,7-10,15H,2,4,6H2,(H2,19,20,21);1-4,6,8-10,15H,5,7,11H2,(H2,18,19,20). The number of benzene rings is 6. The monoisotopic (exact) mass is 964 g/mol. The van der Waals surface area contributed by atoms with Crippen molar-refractivity contribution in [3.05, 3.63) is 183 Å². The molecule has 0 radical (unpaired) electrons. The highest BCUT2D eigenvalue weighted by Crippen LogP contribution is 2.44. The van der Waals surface area contributed by atoms with Crippen LogP contribution in [0.1, 0.15) is 119 Å². The fourth-order valence-electron chi connectivity index (χ4n) is 11.3. The van der Waals surface area contributed by atoms with E-state index in [1.807, 2.05) is 80.0 Å². The summed E-state index contributed by atoms with van der Waals surface area (Å²) >= 11 is 5.92. The largest absolute Gasteiger partial charge is 0.462 e. The summed E-state index contributed by atoms with van der Waals surface area (Å²) in [5.74, 6) is 1.41. The Balaban J connectivity index is 0.000000119. The number of carbonyl (C=O) groups is 1. The van der Waals surface area contributed by atoms with E-state index >= 15 is 0 Å². The van der Waals surface area contributed by atoms with E-state index in [0.29, 0.717) is 18.2 Å². The van der Waals surface area contributed by atoms with Gasteiger partial charge in [0.1, 0.15) is 6.34 Å². The Morgan fingerprint density at radius 2 is 1.24 bits per heavy atom. The zero-order valence-corrected chi connectivity index (χ0v) is 41.0. The van der Waals surface area contributed by atoms with Crippen molar-refractivity contribution in [3.63, 3.8) is 0 Å². The normalized spacial score (nSPS) is 21.0. The number of rotatable bonds is 6. The van der Waals surface area contributed by atoms with E-state index in [2.05, 4.69) is 103 Å². The first kappa shape index (κ1) is 46.4. The summed E-state index contributed by atoms with van der Waals surface area (Å²) in [7, 11) is 0. The molecular formula is C58H61ClN10O2. The van der Waals surface area contributed by atoms with Crippen molar-refractivity contribution in [3.8, 4) is 0 Å². The number of piperazine rings is 1. The van der Waals surface area contributed by atoms with Crippen LogP contribution in [0.5, 0.6) is 0 Å². The lowest BCUT2D eigenvalue weighted by atomic mass is 9.86. The second-order valence-electron chi connectivity index (χ2n) is 19.0. The molecule has 362 valence electrons. The zero-order valence-electron chi connectivity index (χ0n) is 40.2. The van der Waals surface area contributed by atoms with E-state index in [-0.39, 0.29) is 24.1 Å². The van der Waals surface area contributed by atoms with Crippen LogP contribution in [0.3, 0.4) is 0 Å². The Morgan fingerprint density at radius 3 is 1.89 bits per heavy atom. The SMILES string of the molecule is CCOC(=O)c1ccccc1C1CNCCN1N1C=NC2CCCc3cccc1c32.Clc1ccc(NC2=NC3CCCc4cccc(c43)N2)cc1.c1ccc(NC2=NC3CCCc4cccc(c43)N2)cc1. The van der Waals surface area contributed by atoms with Crippen molar-refractivity contribution in [2.75, 3.05) is 52.5 Å². The number of anilines is 5. The van der Waals surface area contributed by atoms with E-state index in [1.165, 1.54) is 76.1 Å². The molecular weight excluding hydrogens is 904 g/mol. The van der Waals surface area contributed by atoms with Gasteiger partial charge in [0, 0.05) is 64.1 Å². The molecule has 13 heteroatoms. The number of nitrogens with zero attached hydrogens (tertiary/aromatic N) is 5. The van der Waals surface area contributed by atoms with Crippen molar-refractivity contribution >= 4 is 64.3 Å². The van der Waals surface area contributed by atoms with Crippen LogP contribution in [0.25, 0.3) is 0 Å². The molecule has 71 heavy (non-hydrogen) atoms. The molecule has 6 aromatic rings. The van der Waals surface area contributed by atoms with Gasteiger partial charge in [-0.25, -0.2) is 19.8 Å². The van der Waals surface area contributed by atoms with Gasteiger partial charge < -0.3 is 31.3 Å². The molecule has 3 aliphatic carbocycles. The number of halogens is 1. The Labute approximate surface area is 421 Å². The summed E-state index contributed by atoms with van der Waals surface area (Å²) in [4.78, 5) is 27.2. The van der Waals surface area contributed by atoms with Crippen LogP contribution < -0.4 is 31.6 Å². The van der Waals surface area contributed by atoms with E-state index in [1.54, 1.807) is 0 Å². The summed E-state index contributed by atoms with van der Waals surface area (Å²) in [6, 6.07) is 46.1. The molecule has 0 bridgehead atoms. The third-order valence-electron chi connectivity index (χ3n) is 14.5. The number of aryl methyl sites for hydroxylation is 3. The number of hydrazine groups is 1. The number of nitrogens with one attached hydrogen (secondary N) is 5. The molecule has 0 saturated carbocycles. The lowest BCUT2D eigenvalue weighted by Crippen LogP contribution is -2.55. The van der Waals surface area contributed by atoms with Crippen LogP contribution in [0.15, 0.2) is 148 Å². The Kier molecular flexibility index (Phi) is 13.8. The average molecular weight is 966 g/mol. The molecule has 4 heterocycles. The summed E-state index contributed by atoms with van der Waals surface area (Å²) < 4.78 is 5.33. The summed E-state index contributed by atoms with van der Waals surface area (Å²) in [5.41, 5.74) is 15.8. The average Bonchev–Trinajstić information content (AvgIpc) is 3.41. The second-order valence-corrected chi connectivity index (χ2v) is 19.4. The van der Waals surface area contributed by atoms with Crippen LogP contribution in [0.4, 0.5) is 28.4 Å². The van der Waals surface area contributed by atoms with Gasteiger partial charge in [0.15, 0.2) is 0 Å². The van der Waals surface area contributed by atoms with E-state index in [9.17, 15) is 4.79 Å². The van der Waals surface area contributed by atoms with Crippen molar-refractivity contribution in [2.45, 2.75) is 88.9 Å². The smallest absolute Gasteiger partial charge is 0.338 e. The molecule has 0 amide bonds. The van der Waals surface area contributed by atoms with Crippen LogP contribution in [-0.2, 0) is 24.0 Å². The number of ether oxygens (including phenoxy) is 1. The molecule has 4 unspecified atom stereocenters. The molecule has 0 aromatic heterocycles. The first-order chi connectivity index (χ1) is 35.0. The van der Waals surface area contributed by atoms with Gasteiger partial charge in [-0.05, 0) is 148 Å². The number of carbonyl (C=O) groups excluding carboxylic acids is 1. The van der Waals surface area contributed by atoms with Crippen LogP contribution >= 0.6 is 11.6 Å². The molecule has 6 aromatic carbocycles. The van der Waals surface area contributed by atoms with Gasteiger partial charge in [0.05, 0.1) is 42.0 Å². The summed E-state index contributed by atoms with van der Waals surface area (Å²) in [5, 5.41) is 22.3. The van der Waals surface area contributed by atoms with Crippen LogP contribution in [-0.4, -0.2) is 55.5 Å². The maximum Gasteiger partial charge on any atom is 0.338 e. The summed E-state index contributed by atoms with van der Waals surface area (Å²) in [6.07, 6.45) is 12.5. The van der Waals surface area contributed by atoms with Gasteiger partial charge in [-0.1, -0.05) is 84.4 Å².